The van der Waals surface area contributed by atoms with E-state index in [1.54, 1.807) is 25.3 Å². The Morgan fingerprint density at radius 3 is 2.45 bits per heavy atom. The Bertz CT molecular complexity index is 1220. The van der Waals surface area contributed by atoms with Gasteiger partial charge in [-0.05, 0) is 65.6 Å². The molecule has 0 aliphatic rings. The van der Waals surface area contributed by atoms with E-state index in [-0.39, 0.29) is 17.5 Å². The van der Waals surface area contributed by atoms with Gasteiger partial charge in [0.25, 0.3) is 5.91 Å². The van der Waals surface area contributed by atoms with Crippen molar-refractivity contribution in [2.45, 2.75) is 19.9 Å². The van der Waals surface area contributed by atoms with Crippen LogP contribution >= 0.6 is 23.2 Å². The third-order valence-electron chi connectivity index (χ3n) is 5.11. The van der Waals surface area contributed by atoms with Gasteiger partial charge in [0.05, 0.1) is 17.7 Å². The van der Waals surface area contributed by atoms with Gasteiger partial charge in [-0.2, -0.15) is 0 Å². The van der Waals surface area contributed by atoms with Gasteiger partial charge in [-0.3, -0.25) is 4.79 Å². The number of halogens is 2. The molecule has 3 rings (SSSR count). The molecule has 0 aliphatic heterocycles. The van der Waals surface area contributed by atoms with E-state index in [0.717, 1.165) is 22.3 Å². The molecule has 170 valence electrons. The van der Waals surface area contributed by atoms with E-state index in [4.69, 9.17) is 27.9 Å². The van der Waals surface area contributed by atoms with Crippen molar-refractivity contribution in [1.29, 1.82) is 0 Å². The normalized spacial score (nSPS) is 11.2. The van der Waals surface area contributed by atoms with Crippen molar-refractivity contribution in [3.63, 3.8) is 0 Å². The number of methoxy groups -OCH3 is 1. The summed E-state index contributed by atoms with van der Waals surface area (Å²) >= 11 is 12.0. The summed E-state index contributed by atoms with van der Waals surface area (Å²) in [5.74, 6) is -0.611. The number of nitrogens with one attached hydrogen (secondary N) is 1. The Hall–Kier alpha value is -3.28. The second-order valence-corrected chi connectivity index (χ2v) is 8.13. The molecule has 0 aliphatic carbocycles. The molecule has 0 unspecified atom stereocenters. The minimum atomic E-state index is -0.925. The lowest BCUT2D eigenvalue weighted by Gasteiger charge is -2.13. The van der Waals surface area contributed by atoms with Crippen molar-refractivity contribution in [1.82, 2.24) is 5.32 Å². The zero-order valence-electron chi connectivity index (χ0n) is 18.2. The first kappa shape index (κ1) is 24.4. The summed E-state index contributed by atoms with van der Waals surface area (Å²) in [6.07, 6.45) is 2.11. The van der Waals surface area contributed by atoms with Crippen molar-refractivity contribution in [2.24, 2.45) is 0 Å². The van der Waals surface area contributed by atoms with Crippen LogP contribution in [0.3, 0.4) is 0 Å². The van der Waals surface area contributed by atoms with E-state index in [1.165, 1.54) is 6.07 Å². The summed E-state index contributed by atoms with van der Waals surface area (Å²) in [6.45, 7) is 2.04. The summed E-state index contributed by atoms with van der Waals surface area (Å²) in [5.41, 5.74) is 4.09. The third-order valence-corrected chi connectivity index (χ3v) is 5.66. The molecule has 33 heavy (non-hydrogen) atoms. The SMILES string of the molecule is CC/C(=C\c1cccc(-c2ccc(OC)c(CNC(=O)c3ccc(Cl)cc3Cl)c2)c1)C(=O)O. The average Bonchev–Trinajstić information content (AvgIpc) is 2.80. The molecule has 5 nitrogen and oxygen atoms in total. The molecule has 0 saturated heterocycles. The maximum atomic E-state index is 12.6. The van der Waals surface area contributed by atoms with E-state index in [1.807, 2.05) is 49.4 Å². The van der Waals surface area contributed by atoms with Gasteiger partial charge in [0, 0.05) is 22.7 Å². The molecule has 0 spiro atoms. The molecular formula is C26H23Cl2NO4. The monoisotopic (exact) mass is 483 g/mol. The predicted molar refractivity (Wildman–Crippen MR) is 132 cm³/mol. The summed E-state index contributed by atoms with van der Waals surface area (Å²) < 4.78 is 5.46. The number of hydrogen-bond donors (Lipinski definition) is 2. The quantitative estimate of drug-likeness (QED) is 0.359. The Morgan fingerprint density at radius 1 is 1.03 bits per heavy atom. The maximum absolute atomic E-state index is 12.6. The van der Waals surface area contributed by atoms with Crippen molar-refractivity contribution >= 4 is 41.2 Å². The molecule has 0 saturated carbocycles. The van der Waals surface area contributed by atoms with Crippen LogP contribution in [-0.4, -0.2) is 24.1 Å². The van der Waals surface area contributed by atoms with Crippen LogP contribution in [-0.2, 0) is 11.3 Å². The fourth-order valence-corrected chi connectivity index (χ4v) is 3.86. The second-order valence-electron chi connectivity index (χ2n) is 7.29. The number of amides is 1. The molecule has 1 amide bonds. The predicted octanol–water partition coefficient (Wildman–Crippen LogP) is 6.48. The van der Waals surface area contributed by atoms with Gasteiger partial charge in [0.15, 0.2) is 0 Å². The molecule has 0 radical (unpaired) electrons. The summed E-state index contributed by atoms with van der Waals surface area (Å²) in [7, 11) is 1.57. The number of carbonyl (C=O) groups is 2. The van der Waals surface area contributed by atoms with Gasteiger partial charge in [-0.15, -0.1) is 0 Å². The lowest BCUT2D eigenvalue weighted by atomic mass is 9.99. The number of carboxylic acid groups (broad SMARTS) is 1. The number of rotatable bonds is 8. The van der Waals surface area contributed by atoms with E-state index < -0.39 is 5.97 Å². The second kappa shape index (κ2) is 11.0. The Labute approximate surface area is 202 Å². The van der Waals surface area contributed by atoms with Crippen molar-refractivity contribution in [3.8, 4) is 16.9 Å². The van der Waals surface area contributed by atoms with Gasteiger partial charge in [0.2, 0.25) is 0 Å². The third kappa shape index (κ3) is 6.15. The summed E-state index contributed by atoms with van der Waals surface area (Å²) in [6, 6.07) is 18.0. The van der Waals surface area contributed by atoms with Gasteiger partial charge >= 0.3 is 5.97 Å². The Morgan fingerprint density at radius 2 is 1.79 bits per heavy atom. The van der Waals surface area contributed by atoms with Crippen molar-refractivity contribution < 1.29 is 19.4 Å². The van der Waals surface area contributed by atoms with Crippen LogP contribution in [0.2, 0.25) is 10.0 Å². The van der Waals surface area contributed by atoms with Crippen LogP contribution in [0.25, 0.3) is 17.2 Å². The highest BCUT2D eigenvalue weighted by molar-refractivity contribution is 6.36. The number of benzene rings is 3. The number of hydrogen-bond acceptors (Lipinski definition) is 3. The standard InChI is InChI=1S/C26H23Cl2NO4/c1-3-17(26(31)32)11-16-5-4-6-18(12-16)19-7-10-24(33-2)20(13-19)15-29-25(30)22-9-8-21(27)14-23(22)28/h4-14H,3,15H2,1-2H3,(H,29,30)(H,31,32)/b17-11+. The molecule has 0 bridgehead atoms. The molecule has 0 fully saturated rings. The average molecular weight is 484 g/mol. The maximum Gasteiger partial charge on any atom is 0.331 e. The first-order valence-electron chi connectivity index (χ1n) is 10.3. The van der Waals surface area contributed by atoms with Crippen LogP contribution in [0.1, 0.15) is 34.8 Å². The Kier molecular flexibility index (Phi) is 8.15. The van der Waals surface area contributed by atoms with E-state index in [2.05, 4.69) is 5.32 Å². The van der Waals surface area contributed by atoms with Gasteiger partial charge < -0.3 is 15.2 Å². The van der Waals surface area contributed by atoms with Gasteiger partial charge in [0.1, 0.15) is 5.75 Å². The van der Waals surface area contributed by atoms with Crippen LogP contribution in [0.4, 0.5) is 0 Å². The molecule has 3 aromatic rings. The molecular weight excluding hydrogens is 461 g/mol. The highest BCUT2D eigenvalue weighted by Crippen LogP contribution is 2.28. The van der Waals surface area contributed by atoms with Crippen LogP contribution in [0.5, 0.6) is 5.75 Å². The highest BCUT2D eigenvalue weighted by atomic mass is 35.5. The molecule has 7 heteroatoms. The lowest BCUT2D eigenvalue weighted by Crippen LogP contribution is -2.23. The van der Waals surface area contributed by atoms with Crippen molar-refractivity contribution in [3.05, 3.63) is 93.0 Å². The lowest BCUT2D eigenvalue weighted by molar-refractivity contribution is -0.132. The van der Waals surface area contributed by atoms with Crippen molar-refractivity contribution in [2.75, 3.05) is 7.11 Å². The number of carboxylic acids is 1. The van der Waals surface area contributed by atoms with Crippen LogP contribution in [0, 0.1) is 0 Å². The largest absolute Gasteiger partial charge is 0.496 e. The van der Waals surface area contributed by atoms with E-state index in [0.29, 0.717) is 28.3 Å². The van der Waals surface area contributed by atoms with E-state index >= 15 is 0 Å². The van der Waals surface area contributed by atoms with Crippen LogP contribution in [0.15, 0.2) is 66.2 Å². The molecule has 0 heterocycles. The minimum Gasteiger partial charge on any atom is -0.496 e. The fourth-order valence-electron chi connectivity index (χ4n) is 3.36. The molecule has 0 atom stereocenters. The molecule has 0 aromatic heterocycles. The van der Waals surface area contributed by atoms with Gasteiger partial charge in [-0.25, -0.2) is 4.79 Å². The zero-order chi connectivity index (χ0) is 24.0. The Balaban J connectivity index is 1.86. The number of carbonyl (C=O) groups excluding carboxylic acids is 1. The number of ether oxygens (including phenoxy) is 1. The minimum absolute atomic E-state index is 0.230. The highest BCUT2D eigenvalue weighted by Gasteiger charge is 2.13. The van der Waals surface area contributed by atoms with Gasteiger partial charge in [-0.1, -0.05) is 54.4 Å². The van der Waals surface area contributed by atoms with Crippen LogP contribution < -0.4 is 10.1 Å². The fraction of sp³-hybridized carbons (Fsp3) is 0.154. The summed E-state index contributed by atoms with van der Waals surface area (Å²) in [4.78, 5) is 23.9. The molecule has 3 aromatic carbocycles. The molecule has 2 N–H and O–H groups in total. The first-order chi connectivity index (χ1) is 15.8. The summed E-state index contributed by atoms with van der Waals surface area (Å²) in [5, 5.41) is 12.9. The smallest absolute Gasteiger partial charge is 0.331 e. The number of aliphatic carboxylic acids is 1. The zero-order valence-corrected chi connectivity index (χ0v) is 19.7. The topological polar surface area (TPSA) is 75.6 Å². The van der Waals surface area contributed by atoms with E-state index in [9.17, 15) is 14.7 Å². The first-order valence-corrected chi connectivity index (χ1v) is 11.0.